The molecule has 0 aliphatic heterocycles. The van der Waals surface area contributed by atoms with E-state index in [1.165, 1.54) is 11.1 Å². The minimum Gasteiger partial charge on any atom is -0.399 e. The third kappa shape index (κ3) is 5.24. The lowest BCUT2D eigenvalue weighted by molar-refractivity contribution is 0.590. The fraction of sp³-hybridized carbons (Fsp3) is 0.350. The summed E-state index contributed by atoms with van der Waals surface area (Å²) < 4.78 is 0. The van der Waals surface area contributed by atoms with Crippen molar-refractivity contribution in [3.8, 4) is 0 Å². The molecular weight excluding hydrogens is 314 g/mol. The van der Waals surface area contributed by atoms with Crippen LogP contribution in [0.1, 0.15) is 50.4 Å². The second kappa shape index (κ2) is 7.67. The van der Waals surface area contributed by atoms with Crippen LogP contribution < -0.4 is 16.4 Å². The third-order valence-corrected chi connectivity index (χ3v) is 4.32. The van der Waals surface area contributed by atoms with Crippen LogP contribution in [-0.2, 0) is 12.0 Å². The Bertz CT molecular complexity index is 670. The molecular formula is C20H27N3S. The summed E-state index contributed by atoms with van der Waals surface area (Å²) in [6.45, 7) is 9.45. The average Bonchev–Trinajstić information content (AvgIpc) is 2.53. The molecule has 0 unspecified atom stereocenters. The van der Waals surface area contributed by atoms with Gasteiger partial charge in [0.05, 0.1) is 6.04 Å². The monoisotopic (exact) mass is 341 g/mol. The molecule has 0 radical (unpaired) electrons. The van der Waals surface area contributed by atoms with Crippen molar-refractivity contribution in [1.82, 2.24) is 10.6 Å². The fourth-order valence-electron chi connectivity index (χ4n) is 2.42. The van der Waals surface area contributed by atoms with Gasteiger partial charge < -0.3 is 16.4 Å². The first-order valence-electron chi connectivity index (χ1n) is 8.25. The number of hydrogen-bond donors (Lipinski definition) is 3. The SMILES string of the molecule is C[C@H](NC(=S)NCc1ccc(C(C)(C)C)cc1)c1ccc(N)cc1. The Kier molecular flexibility index (Phi) is 5.84. The van der Waals surface area contributed by atoms with Gasteiger partial charge in [-0.05, 0) is 53.4 Å². The summed E-state index contributed by atoms with van der Waals surface area (Å²) in [5.41, 5.74) is 10.4. The lowest BCUT2D eigenvalue weighted by atomic mass is 9.87. The first-order chi connectivity index (χ1) is 11.3. The normalized spacial score (nSPS) is 12.5. The lowest BCUT2D eigenvalue weighted by Gasteiger charge is -2.20. The standard InChI is InChI=1S/C20H27N3S/c1-14(16-7-11-18(21)12-8-16)23-19(24)22-13-15-5-9-17(10-6-15)20(2,3)4/h5-12,14H,13,21H2,1-4H3,(H2,22,23,24)/t14-/m0/s1. The largest absolute Gasteiger partial charge is 0.399 e. The molecule has 0 aliphatic rings. The van der Waals surface area contributed by atoms with E-state index in [9.17, 15) is 0 Å². The van der Waals surface area contributed by atoms with Crippen molar-refractivity contribution in [3.05, 3.63) is 65.2 Å². The summed E-state index contributed by atoms with van der Waals surface area (Å²) in [7, 11) is 0. The van der Waals surface area contributed by atoms with E-state index in [4.69, 9.17) is 18.0 Å². The van der Waals surface area contributed by atoms with E-state index in [0.29, 0.717) is 11.7 Å². The van der Waals surface area contributed by atoms with Crippen LogP contribution in [0.25, 0.3) is 0 Å². The van der Waals surface area contributed by atoms with Gasteiger partial charge in [0.25, 0.3) is 0 Å². The molecule has 2 aromatic rings. The van der Waals surface area contributed by atoms with Gasteiger partial charge >= 0.3 is 0 Å². The minimum atomic E-state index is 0.133. The van der Waals surface area contributed by atoms with E-state index in [2.05, 4.69) is 62.6 Å². The van der Waals surface area contributed by atoms with Crippen LogP contribution in [0.2, 0.25) is 0 Å². The Morgan fingerprint density at radius 1 is 1.04 bits per heavy atom. The number of anilines is 1. The highest BCUT2D eigenvalue weighted by Crippen LogP contribution is 2.22. The van der Waals surface area contributed by atoms with Gasteiger partial charge in [0.2, 0.25) is 0 Å². The molecule has 0 aromatic heterocycles. The second-order valence-corrected chi connectivity index (χ2v) is 7.57. The first kappa shape index (κ1) is 18.3. The van der Waals surface area contributed by atoms with E-state index in [1.54, 1.807) is 0 Å². The van der Waals surface area contributed by atoms with Crippen molar-refractivity contribution < 1.29 is 0 Å². The maximum atomic E-state index is 5.72. The quantitative estimate of drug-likeness (QED) is 0.573. The molecule has 1 atom stereocenters. The van der Waals surface area contributed by atoms with Crippen molar-refractivity contribution in [2.45, 2.75) is 45.7 Å². The minimum absolute atomic E-state index is 0.133. The zero-order valence-corrected chi connectivity index (χ0v) is 15.7. The van der Waals surface area contributed by atoms with Crippen molar-refractivity contribution >= 4 is 23.0 Å². The Morgan fingerprint density at radius 3 is 2.17 bits per heavy atom. The van der Waals surface area contributed by atoms with Gasteiger partial charge in [-0.2, -0.15) is 0 Å². The number of hydrogen-bond acceptors (Lipinski definition) is 2. The predicted molar refractivity (Wildman–Crippen MR) is 107 cm³/mol. The zero-order valence-electron chi connectivity index (χ0n) is 14.9. The summed E-state index contributed by atoms with van der Waals surface area (Å²) in [4.78, 5) is 0. The van der Waals surface area contributed by atoms with Gasteiger partial charge in [0.15, 0.2) is 5.11 Å². The van der Waals surface area contributed by atoms with E-state index in [-0.39, 0.29) is 11.5 Å². The van der Waals surface area contributed by atoms with Crippen molar-refractivity contribution in [1.29, 1.82) is 0 Å². The Hall–Kier alpha value is -2.07. The van der Waals surface area contributed by atoms with E-state index < -0.39 is 0 Å². The van der Waals surface area contributed by atoms with Crippen LogP contribution in [0.5, 0.6) is 0 Å². The molecule has 0 aliphatic carbocycles. The maximum absolute atomic E-state index is 5.72. The maximum Gasteiger partial charge on any atom is 0.167 e. The molecule has 4 heteroatoms. The first-order valence-corrected chi connectivity index (χ1v) is 8.66. The van der Waals surface area contributed by atoms with Crippen LogP contribution in [0, 0.1) is 0 Å². The third-order valence-electron chi connectivity index (χ3n) is 4.06. The van der Waals surface area contributed by atoms with E-state index in [1.807, 2.05) is 24.3 Å². The average molecular weight is 342 g/mol. The molecule has 128 valence electrons. The lowest BCUT2D eigenvalue weighted by Crippen LogP contribution is -2.36. The summed E-state index contributed by atoms with van der Waals surface area (Å²) in [5, 5.41) is 7.22. The number of thiocarbonyl (C=S) groups is 1. The molecule has 0 saturated heterocycles. The number of nitrogen functional groups attached to an aromatic ring is 1. The van der Waals surface area contributed by atoms with Gasteiger partial charge in [-0.3, -0.25) is 0 Å². The predicted octanol–water partition coefficient (Wildman–Crippen LogP) is 4.29. The Balaban J connectivity index is 1.85. The van der Waals surface area contributed by atoms with Crippen LogP contribution in [0.15, 0.2) is 48.5 Å². The van der Waals surface area contributed by atoms with Crippen LogP contribution in [0.4, 0.5) is 5.69 Å². The smallest absolute Gasteiger partial charge is 0.167 e. The van der Waals surface area contributed by atoms with Crippen LogP contribution in [0.3, 0.4) is 0 Å². The molecule has 24 heavy (non-hydrogen) atoms. The summed E-state index contributed by atoms with van der Waals surface area (Å²) in [5.74, 6) is 0. The molecule has 2 rings (SSSR count). The topological polar surface area (TPSA) is 50.1 Å². The highest BCUT2D eigenvalue weighted by Gasteiger charge is 2.13. The molecule has 4 N–H and O–H groups in total. The summed E-state index contributed by atoms with van der Waals surface area (Å²) in [6, 6.07) is 16.6. The molecule has 0 saturated carbocycles. The molecule has 0 heterocycles. The van der Waals surface area contributed by atoms with Crippen molar-refractivity contribution in [3.63, 3.8) is 0 Å². The highest BCUT2D eigenvalue weighted by atomic mass is 32.1. The van der Waals surface area contributed by atoms with Gasteiger partial charge in [0.1, 0.15) is 0 Å². The van der Waals surface area contributed by atoms with Gasteiger partial charge in [-0.25, -0.2) is 0 Å². The van der Waals surface area contributed by atoms with E-state index >= 15 is 0 Å². The molecule has 0 bridgehead atoms. The van der Waals surface area contributed by atoms with Crippen LogP contribution in [-0.4, -0.2) is 5.11 Å². The molecule has 0 amide bonds. The van der Waals surface area contributed by atoms with Crippen molar-refractivity contribution in [2.24, 2.45) is 0 Å². The number of rotatable bonds is 4. The van der Waals surface area contributed by atoms with Gasteiger partial charge in [-0.15, -0.1) is 0 Å². The number of benzene rings is 2. The molecule has 0 spiro atoms. The fourth-order valence-corrected chi connectivity index (χ4v) is 2.67. The van der Waals surface area contributed by atoms with Gasteiger partial charge in [0, 0.05) is 12.2 Å². The Morgan fingerprint density at radius 2 is 1.62 bits per heavy atom. The summed E-state index contributed by atoms with van der Waals surface area (Å²) >= 11 is 5.39. The Labute approximate surface area is 150 Å². The zero-order chi connectivity index (χ0) is 17.7. The van der Waals surface area contributed by atoms with Crippen molar-refractivity contribution in [2.75, 3.05) is 5.73 Å². The molecule has 3 nitrogen and oxygen atoms in total. The number of nitrogens with one attached hydrogen (secondary N) is 2. The van der Waals surface area contributed by atoms with Gasteiger partial charge in [-0.1, -0.05) is 57.2 Å². The molecule has 0 fully saturated rings. The molecule has 2 aromatic carbocycles. The summed E-state index contributed by atoms with van der Waals surface area (Å²) in [6.07, 6.45) is 0. The number of nitrogens with two attached hydrogens (primary N) is 1. The highest BCUT2D eigenvalue weighted by molar-refractivity contribution is 7.80. The second-order valence-electron chi connectivity index (χ2n) is 7.16. The van der Waals surface area contributed by atoms with E-state index in [0.717, 1.165) is 11.3 Å². The van der Waals surface area contributed by atoms with Crippen LogP contribution >= 0.6 is 12.2 Å².